The average molecular weight is 473 g/mol. The lowest BCUT2D eigenvalue weighted by atomic mass is 10.1. The topological polar surface area (TPSA) is 117 Å². The Morgan fingerprint density at radius 3 is 3.03 bits per heavy atom. The Bertz CT molecular complexity index is 1530. The van der Waals surface area contributed by atoms with Crippen molar-refractivity contribution in [1.82, 2.24) is 25.1 Å². The Morgan fingerprint density at radius 1 is 1.34 bits per heavy atom. The first-order chi connectivity index (χ1) is 18.1. The molecule has 0 saturated heterocycles. The number of hydrogen-bond acceptors (Lipinski definition) is 7. The van der Waals surface area contributed by atoms with E-state index in [-0.39, 0.29) is 17.3 Å². The summed E-state index contributed by atoms with van der Waals surface area (Å²) in [6.07, 6.45) is 4.50. The summed E-state index contributed by atoms with van der Waals surface area (Å²) in [4.78, 5) is 21.6. The predicted octanol–water partition coefficient (Wildman–Crippen LogP) is 3.49. The van der Waals surface area contributed by atoms with Gasteiger partial charge in [0.2, 0.25) is 5.95 Å². The van der Waals surface area contributed by atoms with Crippen LogP contribution in [-0.4, -0.2) is 43.8 Å². The van der Waals surface area contributed by atoms with E-state index in [1.165, 1.54) is 6.20 Å². The number of carbonyl (C=O) groups is 1. The van der Waals surface area contributed by atoms with E-state index in [9.17, 15) is 9.90 Å². The molecule has 0 unspecified atom stereocenters. The van der Waals surface area contributed by atoms with Crippen LogP contribution in [-0.2, 0) is 13.0 Å². The van der Waals surface area contributed by atoms with Crippen LogP contribution in [0.15, 0.2) is 61.4 Å². The fraction of sp³-hybridized carbons (Fsp3) is 0.231. The Labute approximate surface area is 207 Å². The molecule has 1 aliphatic rings. The average Bonchev–Trinajstić information content (AvgIpc) is 3.38. The van der Waals surface area contributed by atoms with E-state index in [0.29, 0.717) is 13.0 Å². The Kier molecular flexibility index (Phi) is 5.02. The monoisotopic (exact) mass is 472 g/mol. The Hall–Kier alpha value is -4.24. The van der Waals surface area contributed by atoms with Crippen LogP contribution in [0.25, 0.3) is 10.9 Å². The molecule has 0 aliphatic heterocycles. The van der Waals surface area contributed by atoms with E-state index < -0.39 is 25.0 Å². The van der Waals surface area contributed by atoms with Gasteiger partial charge in [-0.05, 0) is 35.7 Å². The van der Waals surface area contributed by atoms with E-state index in [1.807, 2.05) is 53.3 Å². The number of allylic oxidation sites excluding steroid dienone is 1. The molecular formula is C26H27N7O2. The van der Waals surface area contributed by atoms with Crippen molar-refractivity contribution in [2.45, 2.75) is 32.0 Å². The highest BCUT2D eigenvalue weighted by atomic mass is 16.3. The normalized spacial score (nSPS) is 18.3. The van der Waals surface area contributed by atoms with Crippen molar-refractivity contribution in [1.29, 1.82) is 0 Å². The van der Waals surface area contributed by atoms with Gasteiger partial charge in [-0.3, -0.25) is 9.48 Å². The standard InChI is InChI=1S/C26H27N7O2/c1-4-9-33-21-12-20(15(2)10-17(21)13-29-33)30-26-28-14-19(25(35)27-3)24(32-26)31-23-18-8-6-5-7-16(18)11-22(23)34/h4-8,10,12-14,22-23,34H,1,9,11H2,2-3H3,(H,27,35)(H2,28,30,31,32)/t22-,23+/m1/s1/i3D3. The maximum absolute atomic E-state index is 12.8. The van der Waals surface area contributed by atoms with E-state index in [4.69, 9.17) is 4.11 Å². The minimum atomic E-state index is -2.69. The molecule has 2 aromatic heterocycles. The zero-order chi connectivity index (χ0) is 27.0. The van der Waals surface area contributed by atoms with Gasteiger partial charge in [-0.2, -0.15) is 10.1 Å². The second-order valence-corrected chi connectivity index (χ2v) is 8.47. The van der Waals surface area contributed by atoms with Gasteiger partial charge in [-0.1, -0.05) is 30.3 Å². The molecule has 2 aromatic carbocycles. The number of hydrogen-bond donors (Lipinski definition) is 4. The minimum Gasteiger partial charge on any atom is -0.390 e. The van der Waals surface area contributed by atoms with E-state index >= 15 is 0 Å². The minimum absolute atomic E-state index is 0.0560. The fourth-order valence-corrected chi connectivity index (χ4v) is 4.44. The van der Waals surface area contributed by atoms with Crippen molar-refractivity contribution >= 4 is 34.3 Å². The molecule has 0 spiro atoms. The zero-order valence-corrected chi connectivity index (χ0v) is 19.1. The molecule has 0 fully saturated rings. The van der Waals surface area contributed by atoms with Gasteiger partial charge >= 0.3 is 0 Å². The van der Waals surface area contributed by atoms with E-state index in [0.717, 1.165) is 33.3 Å². The summed E-state index contributed by atoms with van der Waals surface area (Å²) in [5.41, 5.74) is 4.37. The van der Waals surface area contributed by atoms with Gasteiger partial charge in [0.05, 0.1) is 30.4 Å². The van der Waals surface area contributed by atoms with Crippen molar-refractivity contribution in [3.05, 3.63) is 83.7 Å². The number of aryl methyl sites for hydroxylation is 1. The molecule has 4 aromatic rings. The number of fused-ring (bicyclic) bond motifs is 2. The largest absolute Gasteiger partial charge is 0.390 e. The summed E-state index contributed by atoms with van der Waals surface area (Å²) in [6, 6.07) is 11.0. The number of rotatable bonds is 7. The van der Waals surface area contributed by atoms with Crippen LogP contribution in [0.2, 0.25) is 0 Å². The highest BCUT2D eigenvalue weighted by molar-refractivity contribution is 5.98. The number of aliphatic hydroxyl groups excluding tert-OH is 1. The van der Waals surface area contributed by atoms with Crippen LogP contribution in [0.1, 0.15) is 37.2 Å². The third kappa shape index (κ3) is 4.22. The van der Waals surface area contributed by atoms with Gasteiger partial charge in [0, 0.05) is 34.8 Å². The Morgan fingerprint density at radius 2 is 2.20 bits per heavy atom. The molecule has 4 N–H and O–H groups in total. The molecule has 178 valence electrons. The van der Waals surface area contributed by atoms with Crippen LogP contribution < -0.4 is 16.0 Å². The molecule has 2 atom stereocenters. The van der Waals surface area contributed by atoms with Crippen LogP contribution in [0, 0.1) is 6.92 Å². The van der Waals surface area contributed by atoms with E-state index in [1.54, 1.807) is 12.3 Å². The number of aromatic nitrogens is 4. The summed E-state index contributed by atoms with van der Waals surface area (Å²) < 4.78 is 24.1. The van der Waals surface area contributed by atoms with Gasteiger partial charge in [-0.15, -0.1) is 6.58 Å². The lowest BCUT2D eigenvalue weighted by Gasteiger charge is -2.21. The molecule has 0 bridgehead atoms. The van der Waals surface area contributed by atoms with Gasteiger partial charge in [-0.25, -0.2) is 4.98 Å². The number of nitrogens with zero attached hydrogens (tertiary/aromatic N) is 4. The highest BCUT2D eigenvalue weighted by Gasteiger charge is 2.32. The summed E-state index contributed by atoms with van der Waals surface area (Å²) in [5, 5.41) is 24.5. The van der Waals surface area contributed by atoms with Crippen molar-refractivity contribution < 1.29 is 14.0 Å². The molecule has 2 heterocycles. The van der Waals surface area contributed by atoms with Gasteiger partial charge in [0.1, 0.15) is 11.4 Å². The molecule has 9 heteroatoms. The lowest BCUT2D eigenvalue weighted by molar-refractivity contribution is 0.0962. The molecule has 0 radical (unpaired) electrons. The quantitative estimate of drug-likeness (QED) is 0.304. The van der Waals surface area contributed by atoms with Crippen LogP contribution in [0.4, 0.5) is 17.5 Å². The summed E-state index contributed by atoms with van der Waals surface area (Å²) in [7, 11) is 0. The number of benzene rings is 2. The molecule has 35 heavy (non-hydrogen) atoms. The number of nitrogens with one attached hydrogen (secondary N) is 3. The van der Waals surface area contributed by atoms with Crippen LogP contribution >= 0.6 is 0 Å². The van der Waals surface area contributed by atoms with Gasteiger partial charge in [0.25, 0.3) is 5.91 Å². The summed E-state index contributed by atoms with van der Waals surface area (Å²) in [5.74, 6) is -0.567. The lowest BCUT2D eigenvalue weighted by Crippen LogP contribution is -2.26. The number of anilines is 3. The smallest absolute Gasteiger partial charge is 0.256 e. The Balaban J connectivity index is 1.51. The molecule has 5 rings (SSSR count). The van der Waals surface area contributed by atoms with E-state index in [2.05, 4.69) is 32.3 Å². The third-order valence-electron chi connectivity index (χ3n) is 6.18. The maximum Gasteiger partial charge on any atom is 0.256 e. The third-order valence-corrected chi connectivity index (χ3v) is 6.18. The van der Waals surface area contributed by atoms with Crippen molar-refractivity contribution in [3.8, 4) is 0 Å². The fourth-order valence-electron chi connectivity index (χ4n) is 4.44. The van der Waals surface area contributed by atoms with Gasteiger partial charge in [0.15, 0.2) is 0 Å². The van der Waals surface area contributed by atoms with Gasteiger partial charge < -0.3 is 21.1 Å². The molecule has 0 saturated carbocycles. The van der Waals surface area contributed by atoms with Crippen molar-refractivity contribution in [3.63, 3.8) is 0 Å². The molecule has 9 nitrogen and oxygen atoms in total. The molecular weight excluding hydrogens is 442 g/mol. The predicted molar refractivity (Wildman–Crippen MR) is 136 cm³/mol. The van der Waals surface area contributed by atoms with Crippen LogP contribution in [0.3, 0.4) is 0 Å². The number of amides is 1. The molecule has 1 aliphatic carbocycles. The summed E-state index contributed by atoms with van der Waals surface area (Å²) in [6.45, 7) is 3.58. The first-order valence-corrected chi connectivity index (χ1v) is 11.2. The molecule has 1 amide bonds. The number of aliphatic hydroxyl groups is 1. The first kappa shape index (κ1) is 19.1. The second kappa shape index (κ2) is 9.19. The number of carbonyl (C=O) groups excluding carboxylic acids is 1. The zero-order valence-electron chi connectivity index (χ0n) is 22.1. The SMILES string of the molecule is [2H]C([2H])([2H])NC(=O)c1cnc(Nc2cc3c(cnn3CC=C)cc2C)nc1N[C@H]1c2ccccc2C[C@H]1O. The summed E-state index contributed by atoms with van der Waals surface area (Å²) >= 11 is 0. The maximum atomic E-state index is 12.8. The van der Waals surface area contributed by atoms with Crippen molar-refractivity contribution in [2.24, 2.45) is 0 Å². The second-order valence-electron chi connectivity index (χ2n) is 8.47. The van der Waals surface area contributed by atoms with Crippen LogP contribution in [0.5, 0.6) is 0 Å². The van der Waals surface area contributed by atoms with Crippen molar-refractivity contribution in [2.75, 3.05) is 17.6 Å². The highest BCUT2D eigenvalue weighted by Crippen LogP contribution is 2.35. The first-order valence-electron chi connectivity index (χ1n) is 12.7.